The number of aliphatic hydroxyl groups is 1. The molecule has 1 amide bonds. The molecule has 1 fully saturated rings. The van der Waals surface area contributed by atoms with Crippen molar-refractivity contribution < 1.29 is 19.8 Å². The molecule has 1 aromatic heterocycles. The number of rotatable bonds is 4. The molecule has 0 unspecified atom stereocenters. The first kappa shape index (κ1) is 13.4. The maximum atomic E-state index is 11.9. The lowest BCUT2D eigenvalue weighted by atomic mass is 10.2. The second-order valence-electron chi connectivity index (χ2n) is 4.01. The number of thioether (sulfide) groups is 1. The van der Waals surface area contributed by atoms with Crippen molar-refractivity contribution in [2.45, 2.75) is 22.8 Å². The molecule has 2 heterocycles. The molecule has 0 aliphatic carbocycles. The molecule has 0 aromatic carbocycles. The summed E-state index contributed by atoms with van der Waals surface area (Å²) in [5.41, 5.74) is 0. The number of hydrogen-bond donors (Lipinski definition) is 2. The van der Waals surface area contributed by atoms with Crippen molar-refractivity contribution in [1.29, 1.82) is 0 Å². The van der Waals surface area contributed by atoms with E-state index in [0.29, 0.717) is 0 Å². The molecule has 1 aromatic rings. The van der Waals surface area contributed by atoms with Crippen molar-refractivity contribution in [3.8, 4) is 0 Å². The number of likely N-dealkylation sites (tertiary alicyclic amines) is 1. The molecule has 2 atom stereocenters. The van der Waals surface area contributed by atoms with E-state index in [0.717, 1.165) is 4.21 Å². The van der Waals surface area contributed by atoms with Crippen LogP contribution in [0.25, 0.3) is 0 Å². The smallest absolute Gasteiger partial charge is 0.326 e. The Balaban J connectivity index is 1.93. The van der Waals surface area contributed by atoms with Gasteiger partial charge in [0, 0.05) is 13.0 Å². The van der Waals surface area contributed by atoms with Crippen LogP contribution < -0.4 is 0 Å². The number of amides is 1. The predicted octanol–water partition coefficient (Wildman–Crippen LogP) is 0.887. The van der Waals surface area contributed by atoms with Crippen LogP contribution in [0.15, 0.2) is 21.7 Å². The molecule has 0 radical (unpaired) electrons. The van der Waals surface area contributed by atoms with E-state index in [2.05, 4.69) is 0 Å². The van der Waals surface area contributed by atoms with Crippen molar-refractivity contribution in [1.82, 2.24) is 4.90 Å². The summed E-state index contributed by atoms with van der Waals surface area (Å²) in [5, 5.41) is 20.4. The van der Waals surface area contributed by atoms with Crippen molar-refractivity contribution >= 4 is 35.0 Å². The Morgan fingerprint density at radius 2 is 2.33 bits per heavy atom. The van der Waals surface area contributed by atoms with E-state index in [9.17, 15) is 14.7 Å². The third kappa shape index (κ3) is 3.04. The maximum Gasteiger partial charge on any atom is 0.326 e. The number of carbonyl (C=O) groups excluding carboxylic acids is 1. The van der Waals surface area contributed by atoms with Gasteiger partial charge in [-0.15, -0.1) is 23.1 Å². The number of hydrogen-bond acceptors (Lipinski definition) is 5. The predicted molar refractivity (Wildman–Crippen MR) is 68.8 cm³/mol. The number of thiophene rings is 1. The molecule has 1 aliphatic rings. The zero-order valence-electron chi connectivity index (χ0n) is 9.48. The van der Waals surface area contributed by atoms with Crippen LogP contribution in [0.5, 0.6) is 0 Å². The third-order valence-electron chi connectivity index (χ3n) is 2.72. The topological polar surface area (TPSA) is 77.8 Å². The van der Waals surface area contributed by atoms with E-state index in [1.54, 1.807) is 11.3 Å². The number of nitrogens with zero attached hydrogens (tertiary/aromatic N) is 1. The van der Waals surface area contributed by atoms with Crippen LogP contribution in [0.4, 0.5) is 0 Å². The van der Waals surface area contributed by atoms with E-state index in [4.69, 9.17) is 5.11 Å². The minimum atomic E-state index is -1.05. The molecule has 18 heavy (non-hydrogen) atoms. The SMILES string of the molecule is O=C(O)[C@@H]1C[C@H](O)CN1C(=O)CSc1cccs1. The standard InChI is InChI=1S/C11H13NO4S2/c13-7-4-8(11(15)16)12(5-7)9(14)6-18-10-2-1-3-17-10/h1-3,7-8,13H,4-6H2,(H,15,16)/t7-,8-/m0/s1. The van der Waals surface area contributed by atoms with Crippen molar-refractivity contribution in [3.05, 3.63) is 17.5 Å². The van der Waals surface area contributed by atoms with Gasteiger partial charge in [-0.2, -0.15) is 0 Å². The Morgan fingerprint density at radius 3 is 2.94 bits per heavy atom. The molecule has 98 valence electrons. The van der Waals surface area contributed by atoms with Gasteiger partial charge < -0.3 is 15.1 Å². The van der Waals surface area contributed by atoms with E-state index < -0.39 is 18.1 Å². The summed E-state index contributed by atoms with van der Waals surface area (Å²) >= 11 is 2.93. The van der Waals surface area contributed by atoms with Crippen LogP contribution in [0.2, 0.25) is 0 Å². The van der Waals surface area contributed by atoms with Gasteiger partial charge in [-0.25, -0.2) is 4.79 Å². The molecule has 0 saturated carbocycles. The monoisotopic (exact) mass is 287 g/mol. The quantitative estimate of drug-likeness (QED) is 0.804. The van der Waals surface area contributed by atoms with Gasteiger partial charge in [0.25, 0.3) is 0 Å². The molecule has 0 spiro atoms. The second-order valence-corrected chi connectivity index (χ2v) is 6.23. The fourth-order valence-corrected chi connectivity index (χ4v) is 3.56. The first-order chi connectivity index (χ1) is 8.58. The minimum Gasteiger partial charge on any atom is -0.480 e. The van der Waals surface area contributed by atoms with Gasteiger partial charge in [-0.3, -0.25) is 4.79 Å². The van der Waals surface area contributed by atoms with Gasteiger partial charge in [-0.05, 0) is 11.4 Å². The normalized spacial score (nSPS) is 23.3. The summed E-state index contributed by atoms with van der Waals surface area (Å²) in [6, 6.07) is 2.92. The Kier molecular flexibility index (Phi) is 4.26. The Bertz CT molecular complexity index is 434. The maximum absolute atomic E-state index is 11.9. The second kappa shape index (κ2) is 5.73. The van der Waals surface area contributed by atoms with Gasteiger partial charge >= 0.3 is 5.97 Å². The van der Waals surface area contributed by atoms with Crippen LogP contribution in [0.3, 0.4) is 0 Å². The Hall–Kier alpha value is -1.05. The average Bonchev–Trinajstić information content (AvgIpc) is 2.94. The van der Waals surface area contributed by atoms with Gasteiger partial charge in [0.15, 0.2) is 0 Å². The lowest BCUT2D eigenvalue weighted by Crippen LogP contribution is -2.41. The number of aliphatic carboxylic acids is 1. The fourth-order valence-electron chi connectivity index (χ4n) is 1.88. The van der Waals surface area contributed by atoms with Crippen LogP contribution in [-0.4, -0.2) is 51.4 Å². The van der Waals surface area contributed by atoms with E-state index in [1.807, 2.05) is 17.5 Å². The van der Waals surface area contributed by atoms with Gasteiger partial charge in [0.1, 0.15) is 6.04 Å². The average molecular weight is 287 g/mol. The molecule has 7 heteroatoms. The van der Waals surface area contributed by atoms with Crippen molar-refractivity contribution in [2.75, 3.05) is 12.3 Å². The van der Waals surface area contributed by atoms with Crippen molar-refractivity contribution in [3.63, 3.8) is 0 Å². The molecular weight excluding hydrogens is 274 g/mol. The zero-order valence-corrected chi connectivity index (χ0v) is 11.1. The number of carboxylic acid groups (broad SMARTS) is 1. The summed E-state index contributed by atoms with van der Waals surface area (Å²) in [6.07, 6.45) is -0.619. The van der Waals surface area contributed by atoms with Gasteiger partial charge in [0.05, 0.1) is 16.1 Å². The Labute approximate surface area is 112 Å². The summed E-state index contributed by atoms with van der Waals surface area (Å²) in [6.45, 7) is 0.112. The van der Waals surface area contributed by atoms with E-state index in [-0.39, 0.29) is 24.6 Å². The van der Waals surface area contributed by atoms with Gasteiger partial charge in [0.2, 0.25) is 5.91 Å². The molecule has 1 aliphatic heterocycles. The summed E-state index contributed by atoms with van der Waals surface area (Å²) < 4.78 is 1.02. The highest BCUT2D eigenvalue weighted by Gasteiger charge is 2.38. The lowest BCUT2D eigenvalue weighted by molar-refractivity contribution is -0.147. The highest BCUT2D eigenvalue weighted by Crippen LogP contribution is 2.25. The number of β-amino-alcohol motifs (C(OH)–C–C–N with tert-alkyl or cyclic N) is 1. The largest absolute Gasteiger partial charge is 0.480 e. The molecular formula is C11H13NO4S2. The van der Waals surface area contributed by atoms with Crippen LogP contribution in [0.1, 0.15) is 6.42 Å². The molecule has 0 bridgehead atoms. The van der Waals surface area contributed by atoms with Gasteiger partial charge in [-0.1, -0.05) is 6.07 Å². The zero-order chi connectivity index (χ0) is 13.1. The van der Waals surface area contributed by atoms with Crippen LogP contribution >= 0.6 is 23.1 Å². The first-order valence-electron chi connectivity index (χ1n) is 5.44. The van der Waals surface area contributed by atoms with Crippen molar-refractivity contribution in [2.24, 2.45) is 0 Å². The number of aliphatic hydroxyl groups excluding tert-OH is 1. The summed E-state index contributed by atoms with van der Waals surface area (Å²) in [4.78, 5) is 24.2. The number of carboxylic acids is 1. The van der Waals surface area contributed by atoms with Crippen LogP contribution in [-0.2, 0) is 9.59 Å². The molecule has 5 nitrogen and oxygen atoms in total. The van der Waals surface area contributed by atoms with Crippen LogP contribution in [0, 0.1) is 0 Å². The highest BCUT2D eigenvalue weighted by molar-refractivity contribution is 8.01. The molecule has 2 N–H and O–H groups in total. The third-order valence-corrected chi connectivity index (χ3v) is 4.83. The van der Waals surface area contributed by atoms with E-state index in [1.165, 1.54) is 16.7 Å². The lowest BCUT2D eigenvalue weighted by Gasteiger charge is -2.20. The highest BCUT2D eigenvalue weighted by atomic mass is 32.2. The fraction of sp³-hybridized carbons (Fsp3) is 0.455. The Morgan fingerprint density at radius 1 is 1.56 bits per heavy atom. The van der Waals surface area contributed by atoms with E-state index >= 15 is 0 Å². The first-order valence-corrected chi connectivity index (χ1v) is 7.31. The summed E-state index contributed by atoms with van der Waals surface area (Å²) in [7, 11) is 0. The minimum absolute atomic E-state index is 0.112. The molecule has 2 rings (SSSR count). The number of carbonyl (C=O) groups is 2. The summed E-state index contributed by atoms with van der Waals surface area (Å²) in [5.74, 6) is -1.09. The molecule has 1 saturated heterocycles.